The normalized spacial score (nSPS) is 8.85. The molecule has 0 bridgehead atoms. The van der Waals surface area contributed by atoms with Gasteiger partial charge >= 0.3 is 6.03 Å². The monoisotopic (exact) mass is 296 g/mol. The molecule has 0 aliphatic carbocycles. The molecular weight excluding hydrogens is 287 g/mol. The highest BCUT2D eigenvalue weighted by Crippen LogP contribution is 2.01. The molecule has 0 radical (unpaired) electrons. The summed E-state index contributed by atoms with van der Waals surface area (Å²) in [6.07, 6.45) is 1.00. The van der Waals surface area contributed by atoms with Gasteiger partial charge in [-0.05, 0) is 6.08 Å². The fourth-order valence-electron chi connectivity index (χ4n) is 0.531. The van der Waals surface area contributed by atoms with E-state index in [0.717, 1.165) is 15.9 Å². The minimum absolute atomic E-state index is 0.452. The van der Waals surface area contributed by atoms with Crippen LogP contribution in [0.3, 0.4) is 0 Å². The second kappa shape index (κ2) is 4.95. The molecule has 13 heavy (non-hydrogen) atoms. The number of urea groups is 1. The summed E-state index contributed by atoms with van der Waals surface area (Å²) < 4.78 is -0.452. The standard InChI is InChI=1S/C7H9IN2O3/c1-4-5(11)9(2)7(13)10(3)6(8)12/h4H,1H2,2-3H3. The summed E-state index contributed by atoms with van der Waals surface area (Å²) in [5.41, 5.74) is 0. The van der Waals surface area contributed by atoms with Gasteiger partial charge < -0.3 is 0 Å². The van der Waals surface area contributed by atoms with Crippen LogP contribution in [-0.4, -0.2) is 39.7 Å². The number of carbonyl (C=O) groups excluding carboxylic acids is 3. The molecule has 0 heterocycles. The van der Waals surface area contributed by atoms with Crippen LogP contribution in [0.1, 0.15) is 0 Å². The Morgan fingerprint density at radius 3 is 2.00 bits per heavy atom. The topological polar surface area (TPSA) is 57.7 Å². The molecule has 5 nitrogen and oxygen atoms in total. The van der Waals surface area contributed by atoms with Gasteiger partial charge in [-0.15, -0.1) is 0 Å². The number of rotatable bonds is 1. The molecule has 0 saturated carbocycles. The number of imide groups is 2. The van der Waals surface area contributed by atoms with E-state index in [2.05, 4.69) is 6.58 Å². The Hall–Kier alpha value is -0.920. The van der Waals surface area contributed by atoms with Crippen molar-refractivity contribution in [3.63, 3.8) is 0 Å². The molecule has 72 valence electrons. The van der Waals surface area contributed by atoms with Crippen LogP contribution < -0.4 is 0 Å². The number of hydrogen-bond donors (Lipinski definition) is 0. The Morgan fingerprint density at radius 1 is 1.23 bits per heavy atom. The van der Waals surface area contributed by atoms with Crippen LogP contribution in [0.2, 0.25) is 0 Å². The minimum atomic E-state index is -0.677. The van der Waals surface area contributed by atoms with Crippen molar-refractivity contribution >= 4 is 38.4 Å². The summed E-state index contributed by atoms with van der Waals surface area (Å²) in [5, 5.41) is 0. The molecule has 0 unspecified atom stereocenters. The molecule has 0 saturated heterocycles. The summed E-state index contributed by atoms with van der Waals surface area (Å²) >= 11 is 1.45. The average Bonchev–Trinajstić information content (AvgIpc) is 2.12. The summed E-state index contributed by atoms with van der Waals surface area (Å²) in [5.74, 6) is -0.547. The van der Waals surface area contributed by atoms with Crippen molar-refractivity contribution in [2.75, 3.05) is 14.1 Å². The van der Waals surface area contributed by atoms with Gasteiger partial charge in [0.2, 0.25) is 0 Å². The third kappa shape index (κ3) is 3.13. The van der Waals surface area contributed by atoms with Crippen LogP contribution in [0.25, 0.3) is 0 Å². The molecule has 0 aromatic heterocycles. The lowest BCUT2D eigenvalue weighted by molar-refractivity contribution is -0.122. The number of halogens is 1. The van der Waals surface area contributed by atoms with Gasteiger partial charge in [-0.25, -0.2) is 4.79 Å². The Kier molecular flexibility index (Phi) is 4.60. The predicted octanol–water partition coefficient (Wildman–Crippen LogP) is 1.24. The lowest BCUT2D eigenvalue weighted by Crippen LogP contribution is -2.42. The number of carbonyl (C=O) groups is 3. The molecular formula is C7H9IN2O3. The highest BCUT2D eigenvalue weighted by molar-refractivity contribution is 14.1. The van der Waals surface area contributed by atoms with Gasteiger partial charge in [-0.3, -0.25) is 19.4 Å². The Labute approximate surface area is 89.5 Å². The minimum Gasteiger partial charge on any atom is -0.269 e. The van der Waals surface area contributed by atoms with Crippen LogP contribution in [0.15, 0.2) is 12.7 Å². The molecule has 0 aliphatic heterocycles. The van der Waals surface area contributed by atoms with E-state index in [-0.39, 0.29) is 0 Å². The lowest BCUT2D eigenvalue weighted by Gasteiger charge is -2.18. The zero-order chi connectivity index (χ0) is 10.6. The van der Waals surface area contributed by atoms with E-state index in [0.29, 0.717) is 0 Å². The number of likely N-dealkylation sites (N-methyl/N-ethyl adjacent to an activating group) is 1. The number of nitrogens with zero attached hydrogens (tertiary/aromatic N) is 2. The second-order valence-corrected chi connectivity index (χ2v) is 3.12. The molecule has 6 heteroatoms. The third-order valence-corrected chi connectivity index (χ3v) is 2.07. The Bertz CT molecular complexity index is 264. The van der Waals surface area contributed by atoms with Gasteiger partial charge in [-0.1, -0.05) is 6.58 Å². The highest BCUT2D eigenvalue weighted by atomic mass is 127. The molecule has 0 spiro atoms. The molecule has 0 fully saturated rings. The molecule has 4 amide bonds. The molecule has 0 aliphatic rings. The first kappa shape index (κ1) is 12.1. The smallest absolute Gasteiger partial charge is 0.269 e. The van der Waals surface area contributed by atoms with E-state index in [1.54, 1.807) is 0 Å². The summed E-state index contributed by atoms with van der Waals surface area (Å²) in [7, 11) is 2.58. The fraction of sp³-hybridized carbons (Fsp3) is 0.286. The lowest BCUT2D eigenvalue weighted by atomic mass is 10.5. The van der Waals surface area contributed by atoms with E-state index >= 15 is 0 Å². The van der Waals surface area contributed by atoms with Crippen molar-refractivity contribution in [1.82, 2.24) is 9.80 Å². The Morgan fingerprint density at radius 2 is 1.69 bits per heavy atom. The van der Waals surface area contributed by atoms with E-state index < -0.39 is 15.9 Å². The maximum absolute atomic E-state index is 11.2. The van der Waals surface area contributed by atoms with Crippen LogP contribution >= 0.6 is 22.6 Å². The van der Waals surface area contributed by atoms with Gasteiger partial charge in [0, 0.05) is 36.7 Å². The molecule has 0 rings (SSSR count). The van der Waals surface area contributed by atoms with Crippen molar-refractivity contribution in [1.29, 1.82) is 0 Å². The Balaban J connectivity index is 4.51. The molecule has 0 atom stereocenters. The van der Waals surface area contributed by atoms with E-state index in [4.69, 9.17) is 0 Å². The average molecular weight is 296 g/mol. The zero-order valence-electron chi connectivity index (χ0n) is 7.28. The maximum Gasteiger partial charge on any atom is 0.333 e. The molecule has 0 N–H and O–H groups in total. The summed E-state index contributed by atoms with van der Waals surface area (Å²) in [6, 6.07) is -0.677. The zero-order valence-corrected chi connectivity index (χ0v) is 9.44. The van der Waals surface area contributed by atoms with E-state index in [9.17, 15) is 14.4 Å². The van der Waals surface area contributed by atoms with Crippen molar-refractivity contribution in [2.45, 2.75) is 0 Å². The van der Waals surface area contributed by atoms with Crippen LogP contribution in [-0.2, 0) is 4.79 Å². The predicted molar refractivity (Wildman–Crippen MR) is 55.5 cm³/mol. The van der Waals surface area contributed by atoms with E-state index in [1.165, 1.54) is 36.7 Å². The molecule has 0 aromatic carbocycles. The SMILES string of the molecule is C=CC(=O)N(C)C(=O)N(C)C(=O)I. The maximum atomic E-state index is 11.2. The summed E-state index contributed by atoms with van der Waals surface area (Å²) in [4.78, 5) is 34.5. The quantitative estimate of drug-likeness (QED) is 0.316. The number of amides is 4. The largest absolute Gasteiger partial charge is 0.333 e. The van der Waals surface area contributed by atoms with Crippen molar-refractivity contribution in [3.05, 3.63) is 12.7 Å². The van der Waals surface area contributed by atoms with Crippen LogP contribution in [0.4, 0.5) is 9.59 Å². The first-order chi connectivity index (χ1) is 5.91. The van der Waals surface area contributed by atoms with Crippen molar-refractivity contribution in [3.8, 4) is 0 Å². The number of hydrogen-bond acceptors (Lipinski definition) is 3. The third-order valence-electron chi connectivity index (χ3n) is 1.34. The van der Waals surface area contributed by atoms with Gasteiger partial charge in [0.25, 0.3) is 9.82 Å². The van der Waals surface area contributed by atoms with Crippen LogP contribution in [0.5, 0.6) is 0 Å². The first-order valence-corrected chi connectivity index (χ1v) is 4.37. The molecule has 0 aromatic rings. The summed E-state index contributed by atoms with van der Waals surface area (Å²) in [6.45, 7) is 3.22. The van der Waals surface area contributed by atoms with Gasteiger partial charge in [-0.2, -0.15) is 0 Å². The first-order valence-electron chi connectivity index (χ1n) is 3.29. The van der Waals surface area contributed by atoms with Crippen LogP contribution in [0, 0.1) is 0 Å². The highest BCUT2D eigenvalue weighted by Gasteiger charge is 2.21. The second-order valence-electron chi connectivity index (χ2n) is 2.20. The van der Waals surface area contributed by atoms with Gasteiger partial charge in [0.1, 0.15) is 0 Å². The van der Waals surface area contributed by atoms with Gasteiger partial charge in [0.15, 0.2) is 0 Å². The van der Waals surface area contributed by atoms with Gasteiger partial charge in [0.05, 0.1) is 0 Å². The fourth-order valence-corrected chi connectivity index (χ4v) is 0.738. The van der Waals surface area contributed by atoms with Crippen molar-refractivity contribution < 1.29 is 14.4 Å². The van der Waals surface area contributed by atoms with Crippen molar-refractivity contribution in [2.24, 2.45) is 0 Å². The van der Waals surface area contributed by atoms with E-state index in [1.807, 2.05) is 0 Å².